The lowest BCUT2D eigenvalue weighted by molar-refractivity contribution is 0.0774. The average Bonchev–Trinajstić information content (AvgIpc) is 3.07. The van der Waals surface area contributed by atoms with Crippen molar-refractivity contribution in [2.75, 3.05) is 7.05 Å². The fraction of sp³-hybridized carbons (Fsp3) is 0.571. The number of aromatic nitrogens is 4. The molecule has 0 atom stereocenters. The predicted molar refractivity (Wildman–Crippen MR) is 82.3 cm³/mol. The lowest BCUT2D eigenvalue weighted by Gasteiger charge is -2.17. The van der Waals surface area contributed by atoms with Gasteiger partial charge in [-0.2, -0.15) is 0 Å². The van der Waals surface area contributed by atoms with Gasteiger partial charge in [-0.1, -0.05) is 6.92 Å². The molecule has 2 aromatic rings. The molecule has 2 heterocycles. The van der Waals surface area contributed by atoms with Gasteiger partial charge in [0.2, 0.25) is 0 Å². The molecule has 7 heteroatoms. The van der Waals surface area contributed by atoms with Crippen molar-refractivity contribution in [1.29, 1.82) is 0 Å². The average molecular weight is 307 g/mol. The first kappa shape index (κ1) is 15.6. The molecule has 114 valence electrons. The van der Waals surface area contributed by atoms with E-state index in [1.54, 1.807) is 29.6 Å². The molecule has 2 aromatic heterocycles. The van der Waals surface area contributed by atoms with Gasteiger partial charge in [-0.3, -0.25) is 4.79 Å². The number of amides is 1. The predicted octanol–water partition coefficient (Wildman–Crippen LogP) is 2.54. The van der Waals surface area contributed by atoms with Crippen LogP contribution < -0.4 is 0 Å². The summed E-state index contributed by atoms with van der Waals surface area (Å²) in [6.45, 7) is 6.66. The van der Waals surface area contributed by atoms with Crippen LogP contribution in [0.1, 0.15) is 54.6 Å². The Balaban J connectivity index is 2.06. The van der Waals surface area contributed by atoms with Crippen LogP contribution in [0, 0.1) is 0 Å². The van der Waals surface area contributed by atoms with Crippen molar-refractivity contribution >= 4 is 17.2 Å². The molecule has 0 spiro atoms. The summed E-state index contributed by atoms with van der Waals surface area (Å²) in [5.74, 6) is 0.705. The van der Waals surface area contributed by atoms with Crippen LogP contribution >= 0.6 is 11.3 Å². The van der Waals surface area contributed by atoms with Gasteiger partial charge in [-0.05, 0) is 26.7 Å². The summed E-state index contributed by atoms with van der Waals surface area (Å²) >= 11 is 1.54. The number of nitrogens with zero attached hydrogens (tertiary/aromatic N) is 5. The minimum Gasteiger partial charge on any atom is -0.333 e. The minimum atomic E-state index is -0.0769. The van der Waals surface area contributed by atoms with Gasteiger partial charge in [0.1, 0.15) is 12.0 Å². The quantitative estimate of drug-likeness (QED) is 0.822. The van der Waals surface area contributed by atoms with E-state index >= 15 is 0 Å². The van der Waals surface area contributed by atoms with Gasteiger partial charge in [-0.15, -0.1) is 21.5 Å². The zero-order valence-corrected chi connectivity index (χ0v) is 13.7. The summed E-state index contributed by atoms with van der Waals surface area (Å²) in [7, 11) is 1.76. The summed E-state index contributed by atoms with van der Waals surface area (Å²) in [5, 5.41) is 10.9. The van der Waals surface area contributed by atoms with E-state index in [4.69, 9.17) is 0 Å². The van der Waals surface area contributed by atoms with E-state index in [0.29, 0.717) is 12.2 Å². The largest absolute Gasteiger partial charge is 0.333 e. The first-order valence-electron chi connectivity index (χ1n) is 7.11. The molecule has 0 fully saturated rings. The highest BCUT2D eigenvalue weighted by atomic mass is 32.1. The number of carbonyl (C=O) groups is 1. The molecule has 0 saturated carbocycles. The van der Waals surface area contributed by atoms with Crippen molar-refractivity contribution in [2.24, 2.45) is 0 Å². The molecular weight excluding hydrogens is 286 g/mol. The molecule has 21 heavy (non-hydrogen) atoms. The molecule has 0 aromatic carbocycles. The molecule has 1 amide bonds. The van der Waals surface area contributed by atoms with Crippen LogP contribution in [-0.4, -0.2) is 37.6 Å². The molecule has 2 rings (SSSR count). The molecule has 0 unspecified atom stereocenters. The van der Waals surface area contributed by atoms with Crippen molar-refractivity contribution in [2.45, 2.75) is 46.2 Å². The van der Waals surface area contributed by atoms with Gasteiger partial charge in [0.15, 0.2) is 5.82 Å². The van der Waals surface area contributed by atoms with E-state index < -0.39 is 0 Å². The molecule has 0 radical (unpaired) electrons. The van der Waals surface area contributed by atoms with Crippen LogP contribution in [0.4, 0.5) is 0 Å². The molecule has 6 nitrogen and oxygen atoms in total. The second kappa shape index (κ2) is 6.80. The lowest BCUT2D eigenvalue weighted by Crippen LogP contribution is -2.28. The lowest BCUT2D eigenvalue weighted by atomic mass is 10.3. The SMILES string of the molecule is CCCc1nc(C(=O)N(C)Cc2nncn2C(C)C)cs1. The van der Waals surface area contributed by atoms with Crippen LogP contribution in [0.15, 0.2) is 11.7 Å². The van der Waals surface area contributed by atoms with E-state index in [2.05, 4.69) is 36.0 Å². The number of carbonyl (C=O) groups excluding carboxylic acids is 1. The highest BCUT2D eigenvalue weighted by Gasteiger charge is 2.18. The van der Waals surface area contributed by atoms with Gasteiger partial charge in [0.05, 0.1) is 11.6 Å². The molecule has 0 aliphatic carbocycles. The third-order valence-corrected chi connectivity index (χ3v) is 4.07. The smallest absolute Gasteiger partial charge is 0.273 e. The number of hydrogen-bond acceptors (Lipinski definition) is 5. The summed E-state index contributed by atoms with van der Waals surface area (Å²) in [6.07, 6.45) is 3.65. The Labute approximate surface area is 128 Å². The standard InChI is InChI=1S/C14H21N5OS/c1-5-6-13-16-11(8-21-13)14(20)18(4)7-12-17-15-9-19(12)10(2)3/h8-10H,5-7H2,1-4H3. The van der Waals surface area contributed by atoms with E-state index in [-0.39, 0.29) is 11.9 Å². The number of thiazole rings is 1. The fourth-order valence-electron chi connectivity index (χ4n) is 2.03. The summed E-state index contributed by atoms with van der Waals surface area (Å²) in [6, 6.07) is 0.272. The first-order chi connectivity index (χ1) is 10.0. The number of aryl methyl sites for hydroxylation is 1. The zero-order valence-electron chi connectivity index (χ0n) is 12.9. The van der Waals surface area contributed by atoms with Crippen LogP contribution in [0.3, 0.4) is 0 Å². The summed E-state index contributed by atoms with van der Waals surface area (Å²) in [5.41, 5.74) is 0.515. The van der Waals surface area contributed by atoms with Gasteiger partial charge < -0.3 is 9.47 Å². The zero-order chi connectivity index (χ0) is 15.4. The Morgan fingerprint density at radius 1 is 1.48 bits per heavy atom. The Morgan fingerprint density at radius 3 is 2.90 bits per heavy atom. The third kappa shape index (κ3) is 3.66. The number of hydrogen-bond donors (Lipinski definition) is 0. The highest BCUT2D eigenvalue weighted by molar-refractivity contribution is 7.09. The van der Waals surface area contributed by atoms with Gasteiger partial charge in [0.25, 0.3) is 5.91 Å². The molecular formula is C14H21N5OS. The summed E-state index contributed by atoms with van der Waals surface area (Å²) in [4.78, 5) is 18.4. The van der Waals surface area contributed by atoms with Crippen molar-refractivity contribution in [3.63, 3.8) is 0 Å². The summed E-state index contributed by atoms with van der Waals surface area (Å²) < 4.78 is 1.97. The van der Waals surface area contributed by atoms with E-state index in [9.17, 15) is 4.79 Å². The van der Waals surface area contributed by atoms with Crippen molar-refractivity contribution < 1.29 is 4.79 Å². The Morgan fingerprint density at radius 2 is 2.24 bits per heavy atom. The monoisotopic (exact) mass is 307 g/mol. The first-order valence-corrected chi connectivity index (χ1v) is 7.99. The maximum Gasteiger partial charge on any atom is 0.273 e. The van der Waals surface area contributed by atoms with Gasteiger partial charge >= 0.3 is 0 Å². The van der Waals surface area contributed by atoms with Crippen LogP contribution in [-0.2, 0) is 13.0 Å². The van der Waals surface area contributed by atoms with Crippen LogP contribution in [0.25, 0.3) is 0 Å². The third-order valence-electron chi connectivity index (χ3n) is 3.16. The van der Waals surface area contributed by atoms with E-state index in [1.807, 2.05) is 9.95 Å². The maximum atomic E-state index is 12.4. The number of rotatable bonds is 6. The second-order valence-corrected chi connectivity index (χ2v) is 6.23. The Bertz CT molecular complexity index is 604. The molecule has 0 bridgehead atoms. The van der Waals surface area contributed by atoms with Crippen LogP contribution in [0.5, 0.6) is 0 Å². The van der Waals surface area contributed by atoms with E-state index in [0.717, 1.165) is 23.7 Å². The Kier molecular flexibility index (Phi) is 5.06. The van der Waals surface area contributed by atoms with E-state index in [1.165, 1.54) is 0 Å². The molecule has 0 aliphatic heterocycles. The normalized spacial score (nSPS) is 11.1. The van der Waals surface area contributed by atoms with Gasteiger partial charge in [0, 0.05) is 18.5 Å². The van der Waals surface area contributed by atoms with Crippen molar-refractivity contribution in [1.82, 2.24) is 24.6 Å². The van der Waals surface area contributed by atoms with Gasteiger partial charge in [-0.25, -0.2) is 4.98 Å². The van der Waals surface area contributed by atoms with Crippen molar-refractivity contribution in [3.05, 3.63) is 28.2 Å². The maximum absolute atomic E-state index is 12.4. The molecule has 0 aliphatic rings. The molecule has 0 saturated heterocycles. The molecule has 0 N–H and O–H groups in total. The van der Waals surface area contributed by atoms with Crippen LogP contribution in [0.2, 0.25) is 0 Å². The topological polar surface area (TPSA) is 63.9 Å². The minimum absolute atomic E-state index is 0.0769. The Hall–Kier alpha value is -1.76. The van der Waals surface area contributed by atoms with Crippen molar-refractivity contribution in [3.8, 4) is 0 Å². The fourth-order valence-corrected chi connectivity index (χ4v) is 2.90. The highest BCUT2D eigenvalue weighted by Crippen LogP contribution is 2.15. The second-order valence-electron chi connectivity index (χ2n) is 5.29.